The molecule has 0 N–H and O–H groups in total. The molecule has 0 aliphatic rings. The lowest BCUT2D eigenvalue weighted by Crippen LogP contribution is -2.26. The average Bonchev–Trinajstić information content (AvgIpc) is 2.72. The smallest absolute Gasteiger partial charge is 0.241 e. The summed E-state index contributed by atoms with van der Waals surface area (Å²) in [5.41, 5.74) is 1.43. The second-order valence-electron chi connectivity index (χ2n) is 4.13. The summed E-state index contributed by atoms with van der Waals surface area (Å²) in [4.78, 5) is 24.2. The predicted molar refractivity (Wildman–Crippen MR) is 66.0 cm³/mol. The summed E-state index contributed by atoms with van der Waals surface area (Å²) in [5.74, 6) is 0.00296. The molecule has 1 aromatic heterocycles. The number of hydrogen-bond donors (Lipinski definition) is 0. The monoisotopic (exact) mass is 230 g/mol. The molecule has 0 saturated heterocycles. The number of rotatable bonds is 3. The van der Waals surface area contributed by atoms with E-state index in [0.29, 0.717) is 5.56 Å². The first kappa shape index (κ1) is 11.4. The average molecular weight is 230 g/mol. The summed E-state index contributed by atoms with van der Waals surface area (Å²) in [6.45, 7) is 0.251. The molecule has 0 aliphatic carbocycles. The number of para-hydroxylation sites is 1. The molecular formula is C13H14N2O2. The van der Waals surface area contributed by atoms with Gasteiger partial charge in [-0.2, -0.15) is 0 Å². The van der Waals surface area contributed by atoms with Crippen molar-refractivity contribution < 1.29 is 9.59 Å². The highest BCUT2D eigenvalue weighted by atomic mass is 16.2. The van der Waals surface area contributed by atoms with Crippen molar-refractivity contribution in [2.24, 2.45) is 0 Å². The number of nitrogens with zero attached hydrogens (tertiary/aromatic N) is 2. The molecule has 0 saturated carbocycles. The summed E-state index contributed by atoms with van der Waals surface area (Å²) >= 11 is 0. The van der Waals surface area contributed by atoms with Crippen molar-refractivity contribution in [2.45, 2.75) is 6.54 Å². The largest absolute Gasteiger partial charge is 0.347 e. The molecule has 4 heteroatoms. The van der Waals surface area contributed by atoms with Crippen LogP contribution in [0.1, 0.15) is 10.4 Å². The number of benzene rings is 1. The SMILES string of the molecule is CN(C)C(=O)Cn1ccc2cccc(C=O)c21. The molecule has 0 fully saturated rings. The Labute approximate surface area is 99.4 Å². The molecule has 1 heterocycles. The number of carbonyl (C=O) groups excluding carboxylic acids is 2. The molecule has 4 nitrogen and oxygen atoms in total. The lowest BCUT2D eigenvalue weighted by atomic mass is 10.1. The van der Waals surface area contributed by atoms with Gasteiger partial charge in [0.15, 0.2) is 6.29 Å². The Morgan fingerprint density at radius 1 is 1.35 bits per heavy atom. The predicted octanol–water partition coefficient (Wildman–Crippen LogP) is 1.54. The molecule has 0 spiro atoms. The molecule has 0 unspecified atom stereocenters. The van der Waals surface area contributed by atoms with Crippen LogP contribution in [0, 0.1) is 0 Å². The van der Waals surface area contributed by atoms with E-state index in [1.54, 1.807) is 24.7 Å². The first-order chi connectivity index (χ1) is 8.13. The van der Waals surface area contributed by atoms with Gasteiger partial charge in [0, 0.05) is 31.2 Å². The van der Waals surface area contributed by atoms with Crippen LogP contribution in [0.3, 0.4) is 0 Å². The van der Waals surface area contributed by atoms with Crippen LogP contribution in [0.2, 0.25) is 0 Å². The first-order valence-corrected chi connectivity index (χ1v) is 5.36. The van der Waals surface area contributed by atoms with Crippen molar-refractivity contribution >= 4 is 23.1 Å². The van der Waals surface area contributed by atoms with Crippen LogP contribution in [0.4, 0.5) is 0 Å². The van der Waals surface area contributed by atoms with E-state index in [0.717, 1.165) is 17.2 Å². The van der Waals surface area contributed by atoms with Crippen molar-refractivity contribution in [3.05, 3.63) is 36.0 Å². The topological polar surface area (TPSA) is 42.3 Å². The minimum absolute atomic E-state index is 0.00296. The molecule has 2 aromatic rings. The first-order valence-electron chi connectivity index (χ1n) is 5.36. The zero-order valence-corrected chi connectivity index (χ0v) is 9.88. The summed E-state index contributed by atoms with van der Waals surface area (Å²) in [5, 5.41) is 0.973. The number of amides is 1. The standard InChI is InChI=1S/C13H14N2O2/c1-14(2)12(17)8-15-7-6-10-4-3-5-11(9-16)13(10)15/h3-7,9H,8H2,1-2H3. The van der Waals surface area contributed by atoms with Gasteiger partial charge in [0.1, 0.15) is 6.54 Å². The van der Waals surface area contributed by atoms with Gasteiger partial charge in [-0.15, -0.1) is 0 Å². The highest BCUT2D eigenvalue weighted by molar-refractivity contribution is 5.97. The van der Waals surface area contributed by atoms with Gasteiger partial charge >= 0.3 is 0 Å². The van der Waals surface area contributed by atoms with Crippen LogP contribution in [0.15, 0.2) is 30.5 Å². The van der Waals surface area contributed by atoms with Gasteiger partial charge in [0.2, 0.25) is 5.91 Å². The fourth-order valence-corrected chi connectivity index (χ4v) is 1.80. The second kappa shape index (κ2) is 4.41. The van der Waals surface area contributed by atoms with E-state index in [4.69, 9.17) is 0 Å². The van der Waals surface area contributed by atoms with E-state index in [1.165, 1.54) is 4.90 Å². The Kier molecular flexibility index (Phi) is 2.95. The van der Waals surface area contributed by atoms with Gasteiger partial charge in [0.25, 0.3) is 0 Å². The van der Waals surface area contributed by atoms with Crippen LogP contribution in [0.25, 0.3) is 10.9 Å². The Hall–Kier alpha value is -2.10. The number of carbonyl (C=O) groups is 2. The third-order valence-electron chi connectivity index (χ3n) is 2.75. The Bertz CT molecular complexity index is 570. The van der Waals surface area contributed by atoms with Crippen LogP contribution < -0.4 is 0 Å². The van der Waals surface area contributed by atoms with Gasteiger partial charge < -0.3 is 9.47 Å². The lowest BCUT2D eigenvalue weighted by Gasteiger charge is -2.12. The fourth-order valence-electron chi connectivity index (χ4n) is 1.80. The number of hydrogen-bond acceptors (Lipinski definition) is 2. The number of aromatic nitrogens is 1. The summed E-state index contributed by atoms with van der Waals surface area (Å²) in [7, 11) is 3.43. The van der Waals surface area contributed by atoms with E-state index >= 15 is 0 Å². The maximum Gasteiger partial charge on any atom is 0.241 e. The van der Waals surface area contributed by atoms with Gasteiger partial charge in [-0.05, 0) is 12.1 Å². The minimum Gasteiger partial charge on any atom is -0.347 e. The van der Waals surface area contributed by atoms with E-state index in [2.05, 4.69) is 0 Å². The Balaban J connectivity index is 2.48. The van der Waals surface area contributed by atoms with Gasteiger partial charge in [-0.25, -0.2) is 0 Å². The van der Waals surface area contributed by atoms with Gasteiger partial charge in [-0.1, -0.05) is 12.1 Å². The van der Waals surface area contributed by atoms with E-state index in [-0.39, 0.29) is 12.5 Å². The highest BCUT2D eigenvalue weighted by Crippen LogP contribution is 2.19. The van der Waals surface area contributed by atoms with Crippen LogP contribution >= 0.6 is 0 Å². The Morgan fingerprint density at radius 2 is 2.12 bits per heavy atom. The zero-order valence-electron chi connectivity index (χ0n) is 9.88. The maximum atomic E-state index is 11.7. The molecule has 0 atom stereocenters. The molecule has 17 heavy (non-hydrogen) atoms. The summed E-state index contributed by atoms with van der Waals surface area (Å²) in [6, 6.07) is 7.43. The second-order valence-corrected chi connectivity index (χ2v) is 4.13. The van der Waals surface area contributed by atoms with Crippen LogP contribution in [-0.2, 0) is 11.3 Å². The van der Waals surface area contributed by atoms with Gasteiger partial charge in [-0.3, -0.25) is 9.59 Å². The number of likely N-dealkylation sites (N-methyl/N-ethyl adjacent to an activating group) is 1. The molecule has 0 bridgehead atoms. The number of fused-ring (bicyclic) bond motifs is 1. The van der Waals surface area contributed by atoms with Crippen LogP contribution in [0.5, 0.6) is 0 Å². The van der Waals surface area contributed by atoms with Crippen molar-refractivity contribution in [1.82, 2.24) is 9.47 Å². The quantitative estimate of drug-likeness (QED) is 0.751. The van der Waals surface area contributed by atoms with Crippen molar-refractivity contribution in [2.75, 3.05) is 14.1 Å². The third kappa shape index (κ3) is 2.06. The minimum atomic E-state index is 0.00296. The van der Waals surface area contributed by atoms with E-state index in [1.807, 2.05) is 24.4 Å². The lowest BCUT2D eigenvalue weighted by molar-refractivity contribution is -0.129. The fraction of sp³-hybridized carbons (Fsp3) is 0.231. The third-order valence-corrected chi connectivity index (χ3v) is 2.75. The summed E-state index contributed by atoms with van der Waals surface area (Å²) in [6.07, 6.45) is 2.65. The Morgan fingerprint density at radius 3 is 2.76 bits per heavy atom. The van der Waals surface area contributed by atoms with Crippen molar-refractivity contribution in [1.29, 1.82) is 0 Å². The number of aldehydes is 1. The molecule has 88 valence electrons. The molecule has 0 aliphatic heterocycles. The van der Waals surface area contributed by atoms with Crippen molar-refractivity contribution in [3.63, 3.8) is 0 Å². The molecule has 2 rings (SSSR count). The highest BCUT2D eigenvalue weighted by Gasteiger charge is 2.10. The van der Waals surface area contributed by atoms with E-state index in [9.17, 15) is 9.59 Å². The summed E-state index contributed by atoms with van der Waals surface area (Å²) < 4.78 is 1.81. The zero-order chi connectivity index (χ0) is 12.4. The van der Waals surface area contributed by atoms with Gasteiger partial charge in [0.05, 0.1) is 5.52 Å². The molecule has 1 amide bonds. The molecule has 0 radical (unpaired) electrons. The molecular weight excluding hydrogens is 216 g/mol. The van der Waals surface area contributed by atoms with Crippen molar-refractivity contribution in [3.8, 4) is 0 Å². The maximum absolute atomic E-state index is 11.7. The van der Waals surface area contributed by atoms with E-state index < -0.39 is 0 Å². The van der Waals surface area contributed by atoms with Crippen LogP contribution in [-0.4, -0.2) is 35.8 Å². The normalized spacial score (nSPS) is 10.5. The molecule has 1 aromatic carbocycles.